The lowest BCUT2D eigenvalue weighted by molar-refractivity contribution is -0.171. The van der Waals surface area contributed by atoms with E-state index in [0.717, 1.165) is 58.1 Å². The molecule has 1 N–H and O–H groups in total. The molecule has 0 radical (unpaired) electrons. The monoisotopic (exact) mass is 362 g/mol. The summed E-state index contributed by atoms with van der Waals surface area (Å²) in [5.74, 6) is 1.08. The predicted octanol–water partition coefficient (Wildman–Crippen LogP) is 2.20. The van der Waals surface area contributed by atoms with Crippen molar-refractivity contribution in [2.24, 2.45) is 22.2 Å². The van der Waals surface area contributed by atoms with Gasteiger partial charge in [-0.25, -0.2) is 0 Å². The zero-order chi connectivity index (χ0) is 18.0. The Balaban J connectivity index is 1.32. The van der Waals surface area contributed by atoms with Crippen molar-refractivity contribution in [3.05, 3.63) is 0 Å². The molecule has 4 saturated carbocycles. The molecular weight excluding hydrogens is 328 g/mol. The first-order valence-electron chi connectivity index (χ1n) is 10.6. The van der Waals surface area contributed by atoms with Crippen LogP contribution in [0.4, 0.5) is 0 Å². The topological polar surface area (TPSA) is 50.8 Å². The fourth-order valence-electron chi connectivity index (χ4n) is 7.97. The summed E-state index contributed by atoms with van der Waals surface area (Å²) in [5, 5.41) is 3.47. The largest absolute Gasteiger partial charge is 0.379 e. The van der Waals surface area contributed by atoms with Crippen LogP contribution in [0.1, 0.15) is 52.4 Å². The molecule has 5 nitrogen and oxygen atoms in total. The van der Waals surface area contributed by atoms with Gasteiger partial charge in [0.1, 0.15) is 0 Å². The van der Waals surface area contributed by atoms with E-state index in [-0.39, 0.29) is 11.5 Å². The number of carbonyl (C=O) groups is 1. The Hall–Kier alpha value is -0.650. The van der Waals surface area contributed by atoms with E-state index in [4.69, 9.17) is 9.47 Å². The van der Waals surface area contributed by atoms with E-state index in [1.165, 1.54) is 19.3 Å². The molecule has 4 atom stereocenters. The van der Waals surface area contributed by atoms with E-state index < -0.39 is 0 Å². The molecule has 6 fully saturated rings. The van der Waals surface area contributed by atoms with Gasteiger partial charge in [-0.05, 0) is 55.3 Å². The minimum Gasteiger partial charge on any atom is -0.379 e. The third-order valence-electron chi connectivity index (χ3n) is 7.99. The summed E-state index contributed by atoms with van der Waals surface area (Å²) in [5.41, 5.74) is 0.629. The molecule has 0 aromatic rings. The fraction of sp³-hybridized carbons (Fsp3) is 0.952. The molecule has 4 bridgehead atoms. The highest BCUT2D eigenvalue weighted by atomic mass is 16.5. The van der Waals surface area contributed by atoms with E-state index in [1.54, 1.807) is 0 Å². The number of morpholine rings is 1. The van der Waals surface area contributed by atoms with Crippen LogP contribution in [0.5, 0.6) is 0 Å². The molecular formula is C21H34N2O3. The van der Waals surface area contributed by atoms with Crippen molar-refractivity contribution >= 4 is 5.91 Å². The summed E-state index contributed by atoms with van der Waals surface area (Å²) in [6, 6.07) is 0.442. The van der Waals surface area contributed by atoms with E-state index in [2.05, 4.69) is 24.1 Å². The van der Waals surface area contributed by atoms with Crippen LogP contribution in [0.15, 0.2) is 0 Å². The fourth-order valence-corrected chi connectivity index (χ4v) is 7.97. The quantitative estimate of drug-likeness (QED) is 0.836. The van der Waals surface area contributed by atoms with E-state index in [0.29, 0.717) is 29.4 Å². The lowest BCUT2D eigenvalue weighted by Crippen LogP contribution is -2.62. The highest BCUT2D eigenvalue weighted by molar-refractivity contribution is 5.83. The summed E-state index contributed by atoms with van der Waals surface area (Å²) in [7, 11) is 0. The molecule has 1 amide bonds. The lowest BCUT2D eigenvalue weighted by Gasteiger charge is -2.64. The van der Waals surface area contributed by atoms with E-state index in [1.807, 2.05) is 0 Å². The maximum absolute atomic E-state index is 13.6. The Morgan fingerprint density at radius 3 is 2.31 bits per heavy atom. The van der Waals surface area contributed by atoms with Crippen LogP contribution in [0.25, 0.3) is 0 Å². The number of nitrogens with one attached hydrogen (secondary N) is 1. The van der Waals surface area contributed by atoms with E-state index in [9.17, 15) is 4.79 Å². The standard InChI is InChI=1S/C21H34N2O3/c1-19-7-15-8-20(2,12-19)14-21(9-15,13-19)18(24)22-16-10-26-11-17(16)23-3-5-25-6-4-23/h15-17H,3-14H2,1-2H3,(H,22,24)/t15?,16-,17-,19-,20-,21?/m0/s1. The molecule has 0 aromatic heterocycles. The van der Waals surface area contributed by atoms with Crippen molar-refractivity contribution in [2.45, 2.75) is 64.5 Å². The Bertz CT molecular complexity index is 570. The van der Waals surface area contributed by atoms with Gasteiger partial charge in [0.25, 0.3) is 0 Å². The van der Waals surface area contributed by atoms with Crippen molar-refractivity contribution in [3.63, 3.8) is 0 Å². The second-order valence-electron chi connectivity index (χ2n) is 10.7. The highest BCUT2D eigenvalue weighted by Gasteiger charge is 2.63. The molecule has 5 heteroatoms. The maximum atomic E-state index is 13.6. The molecule has 0 spiro atoms. The Morgan fingerprint density at radius 2 is 1.65 bits per heavy atom. The minimum atomic E-state index is -0.124. The zero-order valence-electron chi connectivity index (χ0n) is 16.4. The molecule has 2 heterocycles. The van der Waals surface area contributed by atoms with Gasteiger partial charge in [-0.15, -0.1) is 0 Å². The molecule has 0 unspecified atom stereocenters. The summed E-state index contributed by atoms with van der Waals surface area (Å²) in [4.78, 5) is 16.0. The highest BCUT2D eigenvalue weighted by Crippen LogP contribution is 2.69. The van der Waals surface area contributed by atoms with Gasteiger partial charge in [0.2, 0.25) is 5.91 Å². The van der Waals surface area contributed by atoms with Crippen LogP contribution in [-0.4, -0.2) is 62.4 Å². The van der Waals surface area contributed by atoms with Gasteiger partial charge < -0.3 is 14.8 Å². The number of hydrogen-bond acceptors (Lipinski definition) is 4. The molecule has 0 aromatic carbocycles. The second kappa shape index (κ2) is 5.92. The molecule has 2 saturated heterocycles. The van der Waals surface area contributed by atoms with Crippen molar-refractivity contribution in [1.82, 2.24) is 10.2 Å². The average Bonchev–Trinajstić information content (AvgIpc) is 3.00. The first-order chi connectivity index (χ1) is 12.4. The normalized spacial score (nSPS) is 50.9. The van der Waals surface area contributed by atoms with Crippen molar-refractivity contribution in [3.8, 4) is 0 Å². The van der Waals surface area contributed by atoms with Crippen LogP contribution in [-0.2, 0) is 14.3 Å². The van der Waals surface area contributed by atoms with Gasteiger partial charge in [0.05, 0.1) is 43.9 Å². The Labute approximate surface area is 157 Å². The lowest BCUT2D eigenvalue weighted by atomic mass is 9.40. The van der Waals surface area contributed by atoms with Gasteiger partial charge in [-0.3, -0.25) is 9.69 Å². The van der Waals surface area contributed by atoms with Crippen LogP contribution >= 0.6 is 0 Å². The summed E-state index contributed by atoms with van der Waals surface area (Å²) < 4.78 is 11.3. The number of nitrogens with zero attached hydrogens (tertiary/aromatic N) is 1. The maximum Gasteiger partial charge on any atom is 0.226 e. The number of ether oxygens (including phenoxy) is 2. The Kier molecular flexibility index (Phi) is 3.97. The van der Waals surface area contributed by atoms with Crippen LogP contribution in [0, 0.1) is 22.2 Å². The molecule has 2 aliphatic heterocycles. The molecule has 6 rings (SSSR count). The molecule has 146 valence electrons. The SMILES string of the molecule is C[C@@]12CC3CC(C(=O)N[C@H]4COC[C@@H]4N4CCOCC4)(C1)C[C@@](C)(C3)C2. The summed E-state index contributed by atoms with van der Waals surface area (Å²) in [6.07, 6.45) is 7.27. The van der Waals surface area contributed by atoms with Crippen LogP contribution in [0.2, 0.25) is 0 Å². The number of hydrogen-bond donors (Lipinski definition) is 1. The second-order valence-corrected chi connectivity index (χ2v) is 10.7. The number of rotatable bonds is 3. The predicted molar refractivity (Wildman–Crippen MR) is 98.8 cm³/mol. The van der Waals surface area contributed by atoms with E-state index >= 15 is 0 Å². The van der Waals surface area contributed by atoms with Gasteiger partial charge in [0, 0.05) is 13.1 Å². The smallest absolute Gasteiger partial charge is 0.226 e. The molecule has 6 aliphatic rings. The van der Waals surface area contributed by atoms with Crippen molar-refractivity contribution in [1.29, 1.82) is 0 Å². The minimum absolute atomic E-state index is 0.124. The van der Waals surface area contributed by atoms with Gasteiger partial charge in [0.15, 0.2) is 0 Å². The van der Waals surface area contributed by atoms with Crippen LogP contribution < -0.4 is 5.32 Å². The summed E-state index contributed by atoms with van der Waals surface area (Å²) in [6.45, 7) is 9.74. The third-order valence-corrected chi connectivity index (χ3v) is 7.99. The third kappa shape index (κ3) is 2.82. The average molecular weight is 363 g/mol. The van der Waals surface area contributed by atoms with Crippen molar-refractivity contribution in [2.75, 3.05) is 39.5 Å². The first kappa shape index (κ1) is 17.4. The van der Waals surface area contributed by atoms with Crippen molar-refractivity contribution < 1.29 is 14.3 Å². The number of carbonyl (C=O) groups excluding carboxylic acids is 1. The Morgan fingerprint density at radius 1 is 0.962 bits per heavy atom. The first-order valence-corrected chi connectivity index (χ1v) is 10.6. The van der Waals surface area contributed by atoms with Crippen LogP contribution in [0.3, 0.4) is 0 Å². The van der Waals surface area contributed by atoms with Gasteiger partial charge in [-0.2, -0.15) is 0 Å². The molecule has 4 aliphatic carbocycles. The summed E-state index contributed by atoms with van der Waals surface area (Å²) >= 11 is 0. The van der Waals surface area contributed by atoms with Gasteiger partial charge >= 0.3 is 0 Å². The molecule has 26 heavy (non-hydrogen) atoms. The van der Waals surface area contributed by atoms with Gasteiger partial charge in [-0.1, -0.05) is 13.8 Å². The zero-order valence-corrected chi connectivity index (χ0v) is 16.4. The number of amides is 1.